The smallest absolute Gasteiger partial charge is 0.0709 e. The Morgan fingerprint density at radius 2 is 1.85 bits per heavy atom. The highest BCUT2D eigenvalue weighted by Gasteiger charge is 2.10. The van der Waals surface area contributed by atoms with E-state index >= 15 is 0 Å². The Balaban J connectivity index is 2.34. The van der Waals surface area contributed by atoms with Gasteiger partial charge in [-0.05, 0) is 41.3 Å². The molecule has 0 spiro atoms. The maximum atomic E-state index is 6.18. The van der Waals surface area contributed by atoms with Crippen LogP contribution in [-0.2, 0) is 6.42 Å². The molecule has 3 rings (SSSR count). The number of fused-ring (bicyclic) bond motifs is 1. The molecule has 1 nitrogen and oxygen atoms in total. The van der Waals surface area contributed by atoms with Crippen molar-refractivity contribution in [3.63, 3.8) is 0 Å². The second-order valence-corrected chi connectivity index (χ2v) is 5.37. The standard InChI is InChI=1S/C18H16ClN/c1-2-6-14-12-20-17-10-9-15(19)11-16(17)18(14)13-7-4-3-5-8-13/h3-5,7-12H,2,6H2,1H3. The maximum absolute atomic E-state index is 6.18. The van der Waals surface area contributed by atoms with E-state index in [9.17, 15) is 0 Å². The van der Waals surface area contributed by atoms with Crippen molar-refractivity contribution in [1.82, 2.24) is 4.98 Å². The fourth-order valence-electron chi connectivity index (χ4n) is 2.61. The van der Waals surface area contributed by atoms with Crippen LogP contribution < -0.4 is 0 Å². The Kier molecular flexibility index (Phi) is 3.70. The van der Waals surface area contributed by atoms with Crippen LogP contribution in [-0.4, -0.2) is 4.98 Å². The Morgan fingerprint density at radius 1 is 1.05 bits per heavy atom. The van der Waals surface area contributed by atoms with Gasteiger partial charge in [0.25, 0.3) is 0 Å². The summed E-state index contributed by atoms with van der Waals surface area (Å²) in [6.07, 6.45) is 4.13. The van der Waals surface area contributed by atoms with E-state index in [1.54, 1.807) is 0 Å². The Hall–Kier alpha value is -1.86. The summed E-state index contributed by atoms with van der Waals surface area (Å²) in [5, 5.41) is 1.89. The molecule has 0 saturated heterocycles. The number of hydrogen-bond donors (Lipinski definition) is 0. The van der Waals surface area contributed by atoms with Crippen LogP contribution in [0.3, 0.4) is 0 Å². The minimum Gasteiger partial charge on any atom is -0.256 e. The molecule has 0 saturated carbocycles. The normalized spacial score (nSPS) is 10.9. The molecule has 0 atom stereocenters. The minimum absolute atomic E-state index is 0.755. The maximum Gasteiger partial charge on any atom is 0.0709 e. The van der Waals surface area contributed by atoms with Crippen molar-refractivity contribution < 1.29 is 0 Å². The van der Waals surface area contributed by atoms with Crippen LogP contribution in [0.4, 0.5) is 0 Å². The van der Waals surface area contributed by atoms with Crippen molar-refractivity contribution in [1.29, 1.82) is 0 Å². The molecule has 0 N–H and O–H groups in total. The average Bonchev–Trinajstić information content (AvgIpc) is 2.48. The Morgan fingerprint density at radius 3 is 2.60 bits per heavy atom. The quantitative estimate of drug-likeness (QED) is 0.617. The van der Waals surface area contributed by atoms with E-state index in [2.05, 4.69) is 36.2 Å². The summed E-state index contributed by atoms with van der Waals surface area (Å²) < 4.78 is 0. The van der Waals surface area contributed by atoms with Gasteiger partial charge in [0, 0.05) is 16.6 Å². The third-order valence-corrected chi connectivity index (χ3v) is 3.73. The lowest BCUT2D eigenvalue weighted by atomic mass is 9.94. The second-order valence-electron chi connectivity index (χ2n) is 4.94. The summed E-state index contributed by atoms with van der Waals surface area (Å²) in [4.78, 5) is 4.57. The molecule has 0 amide bonds. The molecular formula is C18H16ClN. The summed E-state index contributed by atoms with van der Waals surface area (Å²) in [6, 6.07) is 16.4. The van der Waals surface area contributed by atoms with Gasteiger partial charge in [0.1, 0.15) is 0 Å². The van der Waals surface area contributed by atoms with Crippen molar-refractivity contribution in [2.24, 2.45) is 0 Å². The zero-order chi connectivity index (χ0) is 13.9. The third kappa shape index (κ3) is 2.41. The van der Waals surface area contributed by atoms with Crippen LogP contribution in [0.1, 0.15) is 18.9 Å². The molecule has 3 aromatic rings. The Bertz CT molecular complexity index is 735. The highest BCUT2D eigenvalue weighted by molar-refractivity contribution is 6.31. The van der Waals surface area contributed by atoms with Crippen molar-refractivity contribution in [3.8, 4) is 11.1 Å². The van der Waals surface area contributed by atoms with Crippen LogP contribution in [0, 0.1) is 0 Å². The van der Waals surface area contributed by atoms with Gasteiger partial charge in [-0.15, -0.1) is 0 Å². The molecule has 0 fully saturated rings. The predicted octanol–water partition coefficient (Wildman–Crippen LogP) is 5.51. The van der Waals surface area contributed by atoms with Gasteiger partial charge >= 0.3 is 0 Å². The van der Waals surface area contributed by atoms with Gasteiger partial charge in [-0.1, -0.05) is 55.3 Å². The van der Waals surface area contributed by atoms with Gasteiger partial charge in [0.05, 0.1) is 5.52 Å². The first-order chi connectivity index (χ1) is 9.79. The van der Waals surface area contributed by atoms with Crippen LogP contribution in [0.5, 0.6) is 0 Å². The van der Waals surface area contributed by atoms with E-state index in [1.807, 2.05) is 30.5 Å². The second kappa shape index (κ2) is 5.64. The molecule has 0 aliphatic heterocycles. The van der Waals surface area contributed by atoms with Crippen molar-refractivity contribution in [3.05, 3.63) is 65.3 Å². The lowest BCUT2D eigenvalue weighted by Gasteiger charge is -2.12. The zero-order valence-corrected chi connectivity index (χ0v) is 12.2. The van der Waals surface area contributed by atoms with Gasteiger partial charge in [-0.25, -0.2) is 0 Å². The van der Waals surface area contributed by atoms with Crippen LogP contribution in [0.15, 0.2) is 54.7 Å². The molecule has 1 aromatic heterocycles. The lowest BCUT2D eigenvalue weighted by Crippen LogP contribution is -1.94. The van der Waals surface area contributed by atoms with Crippen LogP contribution >= 0.6 is 11.6 Å². The minimum atomic E-state index is 0.755. The fourth-order valence-corrected chi connectivity index (χ4v) is 2.78. The topological polar surface area (TPSA) is 12.9 Å². The van der Waals surface area contributed by atoms with E-state index in [0.717, 1.165) is 28.8 Å². The first kappa shape index (κ1) is 13.1. The summed E-state index contributed by atoms with van der Waals surface area (Å²) in [7, 11) is 0. The van der Waals surface area contributed by atoms with Gasteiger partial charge < -0.3 is 0 Å². The van der Waals surface area contributed by atoms with E-state index < -0.39 is 0 Å². The largest absolute Gasteiger partial charge is 0.256 e. The van der Waals surface area contributed by atoms with E-state index in [-0.39, 0.29) is 0 Å². The number of hydrogen-bond acceptors (Lipinski definition) is 1. The summed E-state index contributed by atoms with van der Waals surface area (Å²) in [5.74, 6) is 0. The highest BCUT2D eigenvalue weighted by atomic mass is 35.5. The number of pyridine rings is 1. The van der Waals surface area contributed by atoms with Crippen molar-refractivity contribution in [2.75, 3.05) is 0 Å². The average molecular weight is 282 g/mol. The molecule has 20 heavy (non-hydrogen) atoms. The number of aromatic nitrogens is 1. The van der Waals surface area contributed by atoms with Gasteiger partial charge in [0.2, 0.25) is 0 Å². The number of benzene rings is 2. The predicted molar refractivity (Wildman–Crippen MR) is 86.2 cm³/mol. The highest BCUT2D eigenvalue weighted by Crippen LogP contribution is 2.33. The number of nitrogens with zero attached hydrogens (tertiary/aromatic N) is 1. The van der Waals surface area contributed by atoms with E-state index in [1.165, 1.54) is 16.7 Å². The number of aryl methyl sites for hydroxylation is 1. The lowest BCUT2D eigenvalue weighted by molar-refractivity contribution is 0.919. The Labute approximate surface area is 124 Å². The molecule has 0 unspecified atom stereocenters. The summed E-state index contributed by atoms with van der Waals surface area (Å²) in [5.41, 5.74) is 4.77. The summed E-state index contributed by atoms with van der Waals surface area (Å²) in [6.45, 7) is 2.19. The summed E-state index contributed by atoms with van der Waals surface area (Å²) >= 11 is 6.18. The number of halogens is 1. The van der Waals surface area contributed by atoms with Gasteiger partial charge in [0.15, 0.2) is 0 Å². The molecule has 2 heteroatoms. The molecule has 0 aliphatic rings. The van der Waals surface area contributed by atoms with Crippen LogP contribution in [0.25, 0.3) is 22.0 Å². The molecule has 0 bridgehead atoms. The van der Waals surface area contributed by atoms with Crippen LogP contribution in [0.2, 0.25) is 5.02 Å². The monoisotopic (exact) mass is 281 g/mol. The molecule has 100 valence electrons. The van der Waals surface area contributed by atoms with E-state index in [4.69, 9.17) is 11.6 Å². The first-order valence-corrected chi connectivity index (χ1v) is 7.30. The van der Waals surface area contributed by atoms with Crippen molar-refractivity contribution in [2.45, 2.75) is 19.8 Å². The van der Waals surface area contributed by atoms with Gasteiger partial charge in [-0.3, -0.25) is 4.98 Å². The number of rotatable bonds is 3. The zero-order valence-electron chi connectivity index (χ0n) is 11.4. The molecular weight excluding hydrogens is 266 g/mol. The molecule has 0 aliphatic carbocycles. The molecule has 1 heterocycles. The first-order valence-electron chi connectivity index (χ1n) is 6.92. The molecule has 2 aromatic carbocycles. The van der Waals surface area contributed by atoms with Crippen molar-refractivity contribution >= 4 is 22.5 Å². The third-order valence-electron chi connectivity index (χ3n) is 3.49. The fraction of sp³-hybridized carbons (Fsp3) is 0.167. The van der Waals surface area contributed by atoms with Gasteiger partial charge in [-0.2, -0.15) is 0 Å². The molecule has 0 radical (unpaired) electrons. The van der Waals surface area contributed by atoms with E-state index in [0.29, 0.717) is 0 Å². The SMILES string of the molecule is CCCc1cnc2ccc(Cl)cc2c1-c1ccccc1.